The summed E-state index contributed by atoms with van der Waals surface area (Å²) in [5, 5.41) is 8.83. The molecular formula is C9H11NO2. The summed E-state index contributed by atoms with van der Waals surface area (Å²) in [7, 11) is 0. The van der Waals surface area contributed by atoms with E-state index in [4.69, 9.17) is 5.11 Å². The van der Waals surface area contributed by atoms with E-state index >= 15 is 0 Å². The summed E-state index contributed by atoms with van der Waals surface area (Å²) in [6, 6.07) is 3.67. The zero-order valence-electron chi connectivity index (χ0n) is 6.90. The van der Waals surface area contributed by atoms with E-state index in [2.05, 4.69) is 4.98 Å². The van der Waals surface area contributed by atoms with Gasteiger partial charge >= 0.3 is 0 Å². The molecule has 0 radical (unpaired) electrons. The van der Waals surface area contributed by atoms with Gasteiger partial charge in [0.25, 0.3) is 0 Å². The first-order valence-corrected chi connectivity index (χ1v) is 3.77. The maximum Gasteiger partial charge on any atom is 0.131 e. The predicted octanol–water partition coefficient (Wildman–Crippen LogP) is 0.665. The van der Waals surface area contributed by atoms with Crippen LogP contribution < -0.4 is 0 Å². The molecule has 64 valence electrons. The Morgan fingerprint density at radius 1 is 1.75 bits per heavy atom. The fraction of sp³-hybridized carbons (Fsp3) is 0.333. The molecule has 1 atom stereocenters. The number of aromatic nitrogens is 1. The van der Waals surface area contributed by atoms with E-state index in [1.165, 1.54) is 0 Å². The van der Waals surface area contributed by atoms with Crippen molar-refractivity contribution in [3.8, 4) is 0 Å². The van der Waals surface area contributed by atoms with Crippen LogP contribution in [0.2, 0.25) is 0 Å². The highest BCUT2D eigenvalue weighted by Crippen LogP contribution is 2.13. The number of rotatable bonds is 3. The average molecular weight is 165 g/mol. The number of hydrogen-bond acceptors (Lipinski definition) is 3. The first kappa shape index (κ1) is 8.87. The van der Waals surface area contributed by atoms with Gasteiger partial charge in [-0.25, -0.2) is 0 Å². The van der Waals surface area contributed by atoms with Gasteiger partial charge in [0.1, 0.15) is 6.29 Å². The maximum atomic E-state index is 10.5. The Morgan fingerprint density at radius 2 is 2.50 bits per heavy atom. The van der Waals surface area contributed by atoms with E-state index in [1.807, 2.05) is 13.0 Å². The molecule has 3 heteroatoms. The van der Waals surface area contributed by atoms with Crippen LogP contribution in [0.25, 0.3) is 0 Å². The number of aliphatic hydroxyl groups is 1. The standard InChI is InChI=1S/C9H11NO2/c1-7-3-2-4-10-9(7)8(5-11)6-12/h2-5,8,12H,6H2,1H3. The lowest BCUT2D eigenvalue weighted by molar-refractivity contribution is -0.109. The molecule has 0 aliphatic heterocycles. The van der Waals surface area contributed by atoms with Crippen molar-refractivity contribution in [2.24, 2.45) is 0 Å². The second-order valence-electron chi connectivity index (χ2n) is 2.63. The molecule has 0 bridgehead atoms. The number of carbonyl (C=O) groups excluding carboxylic acids is 1. The van der Waals surface area contributed by atoms with Crippen molar-refractivity contribution < 1.29 is 9.90 Å². The highest BCUT2D eigenvalue weighted by Gasteiger charge is 2.11. The molecule has 0 saturated heterocycles. The molecule has 1 aromatic rings. The second-order valence-corrected chi connectivity index (χ2v) is 2.63. The lowest BCUT2D eigenvalue weighted by atomic mass is 10.0. The van der Waals surface area contributed by atoms with Crippen LogP contribution in [-0.4, -0.2) is 23.0 Å². The number of aldehydes is 1. The van der Waals surface area contributed by atoms with Gasteiger partial charge in [-0.15, -0.1) is 0 Å². The van der Waals surface area contributed by atoms with Crippen molar-refractivity contribution in [2.45, 2.75) is 12.8 Å². The SMILES string of the molecule is Cc1cccnc1C(C=O)CO. The molecule has 0 saturated carbocycles. The van der Waals surface area contributed by atoms with Gasteiger partial charge in [-0.1, -0.05) is 6.07 Å². The van der Waals surface area contributed by atoms with Crippen molar-refractivity contribution in [1.82, 2.24) is 4.98 Å². The first-order chi connectivity index (χ1) is 5.79. The molecule has 1 aromatic heterocycles. The predicted molar refractivity (Wildman–Crippen MR) is 44.9 cm³/mol. The molecule has 1 N–H and O–H groups in total. The lowest BCUT2D eigenvalue weighted by Crippen LogP contribution is -2.09. The summed E-state index contributed by atoms with van der Waals surface area (Å²) in [4.78, 5) is 14.5. The van der Waals surface area contributed by atoms with Crippen molar-refractivity contribution in [1.29, 1.82) is 0 Å². The molecule has 0 fully saturated rings. The van der Waals surface area contributed by atoms with Gasteiger partial charge < -0.3 is 9.90 Å². The van der Waals surface area contributed by atoms with Crippen molar-refractivity contribution >= 4 is 6.29 Å². The topological polar surface area (TPSA) is 50.2 Å². The van der Waals surface area contributed by atoms with E-state index in [0.717, 1.165) is 11.8 Å². The van der Waals surface area contributed by atoms with Gasteiger partial charge in [-0.2, -0.15) is 0 Å². The van der Waals surface area contributed by atoms with E-state index in [9.17, 15) is 4.79 Å². The number of carbonyl (C=O) groups is 1. The Labute approximate surface area is 71.1 Å². The molecule has 1 heterocycles. The van der Waals surface area contributed by atoms with Crippen molar-refractivity contribution in [3.63, 3.8) is 0 Å². The third-order valence-electron chi connectivity index (χ3n) is 1.76. The van der Waals surface area contributed by atoms with Crippen molar-refractivity contribution in [3.05, 3.63) is 29.6 Å². The van der Waals surface area contributed by atoms with Crippen LogP contribution >= 0.6 is 0 Å². The molecule has 1 unspecified atom stereocenters. The van der Waals surface area contributed by atoms with E-state index in [0.29, 0.717) is 5.69 Å². The van der Waals surface area contributed by atoms with Gasteiger partial charge in [0.2, 0.25) is 0 Å². The van der Waals surface area contributed by atoms with Crippen molar-refractivity contribution in [2.75, 3.05) is 6.61 Å². The highest BCUT2D eigenvalue weighted by atomic mass is 16.3. The minimum atomic E-state index is -0.480. The minimum Gasteiger partial charge on any atom is -0.395 e. The third kappa shape index (κ3) is 1.68. The van der Waals surface area contributed by atoms with Crippen LogP contribution in [0, 0.1) is 6.92 Å². The second kappa shape index (κ2) is 3.97. The zero-order valence-corrected chi connectivity index (χ0v) is 6.90. The Kier molecular flexibility index (Phi) is 2.94. The third-order valence-corrected chi connectivity index (χ3v) is 1.76. The van der Waals surface area contributed by atoms with Gasteiger partial charge in [0.15, 0.2) is 0 Å². The number of pyridine rings is 1. The van der Waals surface area contributed by atoms with Gasteiger partial charge in [-0.05, 0) is 18.6 Å². The zero-order chi connectivity index (χ0) is 8.97. The maximum absolute atomic E-state index is 10.5. The molecule has 0 spiro atoms. The summed E-state index contributed by atoms with van der Waals surface area (Å²) < 4.78 is 0. The van der Waals surface area contributed by atoms with Crippen LogP contribution in [0.15, 0.2) is 18.3 Å². The van der Waals surface area contributed by atoms with Crippen LogP contribution in [0.4, 0.5) is 0 Å². The molecular weight excluding hydrogens is 154 g/mol. The molecule has 12 heavy (non-hydrogen) atoms. The number of nitrogens with zero attached hydrogens (tertiary/aromatic N) is 1. The molecule has 0 aromatic carbocycles. The van der Waals surface area contributed by atoms with E-state index in [1.54, 1.807) is 12.3 Å². The van der Waals surface area contributed by atoms with Crippen LogP contribution in [0.5, 0.6) is 0 Å². The average Bonchev–Trinajstić information content (AvgIpc) is 2.10. The summed E-state index contributed by atoms with van der Waals surface area (Å²) in [5.41, 5.74) is 1.60. The van der Waals surface area contributed by atoms with Crippen LogP contribution in [0.3, 0.4) is 0 Å². The molecule has 3 nitrogen and oxygen atoms in total. The fourth-order valence-corrected chi connectivity index (χ4v) is 1.08. The largest absolute Gasteiger partial charge is 0.395 e. The fourth-order valence-electron chi connectivity index (χ4n) is 1.08. The summed E-state index contributed by atoms with van der Waals surface area (Å²) in [6.45, 7) is 1.69. The Bertz CT molecular complexity index is 273. The number of hydrogen-bond donors (Lipinski definition) is 1. The molecule has 1 rings (SSSR count). The minimum absolute atomic E-state index is 0.179. The number of aryl methyl sites for hydroxylation is 1. The smallest absolute Gasteiger partial charge is 0.131 e. The van der Waals surface area contributed by atoms with Crippen LogP contribution in [-0.2, 0) is 4.79 Å². The van der Waals surface area contributed by atoms with Gasteiger partial charge in [0, 0.05) is 6.20 Å². The van der Waals surface area contributed by atoms with Gasteiger partial charge in [-0.3, -0.25) is 4.98 Å². The monoisotopic (exact) mass is 165 g/mol. The van der Waals surface area contributed by atoms with Gasteiger partial charge in [0.05, 0.1) is 18.2 Å². The summed E-state index contributed by atoms with van der Waals surface area (Å²) >= 11 is 0. The molecule has 0 aliphatic carbocycles. The normalized spacial score (nSPS) is 12.5. The first-order valence-electron chi connectivity index (χ1n) is 3.77. The van der Waals surface area contributed by atoms with E-state index < -0.39 is 5.92 Å². The summed E-state index contributed by atoms with van der Waals surface area (Å²) in [5.74, 6) is -0.480. The lowest BCUT2D eigenvalue weighted by Gasteiger charge is -2.07. The van der Waals surface area contributed by atoms with Crippen LogP contribution in [0.1, 0.15) is 17.2 Å². The Hall–Kier alpha value is -1.22. The highest BCUT2D eigenvalue weighted by molar-refractivity contribution is 5.61. The molecule has 0 aliphatic rings. The Balaban J connectivity index is 3.00. The summed E-state index contributed by atoms with van der Waals surface area (Å²) in [6.07, 6.45) is 2.34. The Morgan fingerprint density at radius 3 is 3.00 bits per heavy atom. The van der Waals surface area contributed by atoms with E-state index in [-0.39, 0.29) is 6.61 Å². The molecule has 0 amide bonds. The number of aliphatic hydroxyl groups excluding tert-OH is 1. The quantitative estimate of drug-likeness (QED) is 0.669.